The lowest BCUT2D eigenvalue weighted by Gasteiger charge is -2.34. The Hall–Kier alpha value is -7.03. The zero-order valence-electron chi connectivity index (χ0n) is 33.3. The monoisotopic (exact) mass is 754 g/mol. The number of aromatic nitrogens is 1. The fraction of sp³-hybridized carbons (Fsp3) is 0.105. The lowest BCUT2D eigenvalue weighted by molar-refractivity contribution is 0.661. The largest absolute Gasteiger partial charge is 0.294 e. The topological polar surface area (TPSA) is 17.3 Å². The summed E-state index contributed by atoms with van der Waals surface area (Å²) >= 11 is 0. The van der Waals surface area contributed by atoms with E-state index in [1.54, 1.807) is 0 Å². The number of rotatable bonds is 4. The summed E-state index contributed by atoms with van der Waals surface area (Å²) in [5.74, 6) is 0.976. The Morgan fingerprint density at radius 3 is 1.86 bits per heavy atom. The zero-order valence-corrected chi connectivity index (χ0v) is 33.3. The van der Waals surface area contributed by atoms with Crippen molar-refractivity contribution in [3.8, 4) is 11.1 Å². The number of benzene rings is 8. The van der Waals surface area contributed by atoms with E-state index < -0.39 is 5.41 Å². The van der Waals surface area contributed by atoms with Gasteiger partial charge in [0.1, 0.15) is 5.82 Å². The molecule has 0 saturated heterocycles. The average Bonchev–Trinajstić information content (AvgIpc) is 3.84. The maximum Gasteiger partial charge on any atom is 0.134 e. The molecule has 2 nitrogen and oxygen atoms in total. The van der Waals surface area contributed by atoms with Crippen LogP contribution >= 0.6 is 0 Å². The molecule has 0 N–H and O–H groups in total. The van der Waals surface area contributed by atoms with Crippen molar-refractivity contribution in [2.24, 2.45) is 4.99 Å². The summed E-state index contributed by atoms with van der Waals surface area (Å²) in [6.45, 7) is 4.81. The van der Waals surface area contributed by atoms with Crippen LogP contribution in [0, 0.1) is 0 Å². The van der Waals surface area contributed by atoms with Gasteiger partial charge in [0.2, 0.25) is 0 Å². The number of aliphatic imine (C=N–C) groups is 1. The third-order valence-corrected chi connectivity index (χ3v) is 13.5. The van der Waals surface area contributed by atoms with Gasteiger partial charge in [-0.15, -0.1) is 0 Å². The molecule has 0 unspecified atom stereocenters. The van der Waals surface area contributed by atoms with Crippen molar-refractivity contribution in [1.29, 1.82) is 0 Å². The van der Waals surface area contributed by atoms with Crippen LogP contribution in [-0.4, -0.2) is 10.3 Å². The first-order valence-electron chi connectivity index (χ1n) is 20.9. The average molecular weight is 755 g/mol. The Kier molecular flexibility index (Phi) is 7.35. The van der Waals surface area contributed by atoms with Crippen LogP contribution in [0.2, 0.25) is 0 Å². The van der Waals surface area contributed by atoms with Crippen molar-refractivity contribution < 1.29 is 0 Å². The van der Waals surface area contributed by atoms with Crippen LogP contribution in [0.15, 0.2) is 205 Å². The van der Waals surface area contributed by atoms with Crippen molar-refractivity contribution in [1.82, 2.24) is 4.57 Å². The van der Waals surface area contributed by atoms with E-state index >= 15 is 0 Å². The summed E-state index contributed by atoms with van der Waals surface area (Å²) in [6, 6.07) is 69.8. The van der Waals surface area contributed by atoms with Gasteiger partial charge in [-0.2, -0.15) is 0 Å². The normalized spacial score (nSPS) is 18.0. The van der Waals surface area contributed by atoms with E-state index in [2.05, 4.69) is 213 Å². The molecule has 12 rings (SSSR count). The summed E-state index contributed by atoms with van der Waals surface area (Å²) in [5.41, 5.74) is 17.0. The number of allylic oxidation sites excluding steroid dienone is 3. The third-order valence-electron chi connectivity index (χ3n) is 13.5. The number of nitrogens with zero attached hydrogens (tertiary/aromatic N) is 2. The second-order valence-electron chi connectivity index (χ2n) is 16.9. The molecule has 0 spiro atoms. The van der Waals surface area contributed by atoms with E-state index in [0.29, 0.717) is 0 Å². The van der Waals surface area contributed by atoms with Crippen LogP contribution in [-0.2, 0) is 10.8 Å². The van der Waals surface area contributed by atoms with Crippen LogP contribution in [0.5, 0.6) is 0 Å². The third kappa shape index (κ3) is 4.78. The second-order valence-corrected chi connectivity index (χ2v) is 16.9. The van der Waals surface area contributed by atoms with Gasteiger partial charge in [-0.1, -0.05) is 178 Å². The van der Waals surface area contributed by atoms with Gasteiger partial charge in [0.05, 0.1) is 22.2 Å². The first-order chi connectivity index (χ1) is 29.0. The van der Waals surface area contributed by atoms with E-state index in [1.165, 1.54) is 88.2 Å². The lowest BCUT2D eigenvalue weighted by Crippen LogP contribution is -2.28. The number of hydrogen-bond donors (Lipinski definition) is 0. The predicted octanol–water partition coefficient (Wildman–Crippen LogP) is 14.1. The van der Waals surface area contributed by atoms with Gasteiger partial charge >= 0.3 is 0 Å². The highest BCUT2D eigenvalue weighted by Crippen LogP contribution is 2.57. The fourth-order valence-electron chi connectivity index (χ4n) is 11.0. The molecule has 2 heteroatoms. The van der Waals surface area contributed by atoms with Crippen molar-refractivity contribution in [2.75, 3.05) is 0 Å². The molecule has 8 aromatic carbocycles. The van der Waals surface area contributed by atoms with Crippen molar-refractivity contribution >= 4 is 49.7 Å². The summed E-state index contributed by atoms with van der Waals surface area (Å²) in [5, 5.41) is 4.97. The van der Waals surface area contributed by atoms with Crippen LogP contribution in [0.25, 0.3) is 55.1 Å². The Morgan fingerprint density at radius 1 is 0.492 bits per heavy atom. The molecule has 0 saturated carbocycles. The molecule has 2 heterocycles. The van der Waals surface area contributed by atoms with E-state index in [1.807, 2.05) is 0 Å². The van der Waals surface area contributed by atoms with Gasteiger partial charge in [-0.05, 0) is 110 Å². The van der Waals surface area contributed by atoms with E-state index in [-0.39, 0.29) is 5.41 Å². The molecular weight excluding hydrogens is 713 g/mol. The number of para-hydroxylation sites is 1. The van der Waals surface area contributed by atoms with Crippen LogP contribution in [0.1, 0.15) is 65.6 Å². The molecule has 0 radical (unpaired) electrons. The first-order valence-corrected chi connectivity index (χ1v) is 20.9. The summed E-state index contributed by atoms with van der Waals surface area (Å²) in [6.07, 6.45) is 4.22. The fourth-order valence-corrected chi connectivity index (χ4v) is 11.0. The van der Waals surface area contributed by atoms with Crippen LogP contribution in [0.4, 0.5) is 0 Å². The minimum atomic E-state index is -0.459. The molecule has 1 aromatic heterocycles. The summed E-state index contributed by atoms with van der Waals surface area (Å²) in [4.78, 5) is 5.97. The quantitative estimate of drug-likeness (QED) is 0.170. The van der Waals surface area contributed by atoms with Crippen molar-refractivity contribution in [3.05, 3.63) is 239 Å². The van der Waals surface area contributed by atoms with Gasteiger partial charge in [0.15, 0.2) is 0 Å². The molecule has 280 valence electrons. The molecule has 3 aliphatic rings. The van der Waals surface area contributed by atoms with E-state index in [9.17, 15) is 0 Å². The molecule has 0 amide bonds. The highest BCUT2D eigenvalue weighted by molar-refractivity contribution is 6.22. The Balaban J connectivity index is 1.15. The van der Waals surface area contributed by atoms with Gasteiger partial charge < -0.3 is 0 Å². The SMILES string of the molecule is CC1(C)C2=C(CC/C=C(n3c4ccccc4c4cc5ccccc5cc43)\N=C/2c2ccc3c(c2)-c2ccccc2C3(c2ccccc2)c2ccccc2)c2ccccc21. The standard InChI is InChI=1S/C57H42N2/c1-56(2)48-28-14-11-24-42(48)45-27-17-31-53(59-51-30-16-13-26-44(51)47-34-37-18-9-10-19-38(37)36-52(47)59)58-55(54(45)56)39-32-33-50-46(35-39)43-25-12-15-29-49(43)57(50,40-20-5-3-6-21-40)41-22-7-4-8-23-41/h3-16,18-26,28-36H,17,27H2,1-2H3/b53-31+,58-55-. The molecule has 0 fully saturated rings. The summed E-state index contributed by atoms with van der Waals surface area (Å²) < 4.78 is 2.43. The number of hydrogen-bond acceptors (Lipinski definition) is 1. The summed E-state index contributed by atoms with van der Waals surface area (Å²) in [7, 11) is 0. The van der Waals surface area contributed by atoms with E-state index in [0.717, 1.165) is 29.9 Å². The minimum absolute atomic E-state index is 0.251. The molecule has 2 aliphatic carbocycles. The maximum absolute atomic E-state index is 5.97. The molecule has 9 aromatic rings. The van der Waals surface area contributed by atoms with E-state index in [4.69, 9.17) is 4.99 Å². The van der Waals surface area contributed by atoms with Gasteiger partial charge in [0, 0.05) is 21.8 Å². The molecule has 59 heavy (non-hydrogen) atoms. The highest BCUT2D eigenvalue weighted by atomic mass is 15.1. The first kappa shape index (κ1) is 34.0. The van der Waals surface area contributed by atoms with Gasteiger partial charge in [-0.25, -0.2) is 4.99 Å². The zero-order chi connectivity index (χ0) is 39.3. The Labute approximate surface area is 345 Å². The molecule has 1 aliphatic heterocycles. The predicted molar refractivity (Wildman–Crippen MR) is 247 cm³/mol. The Morgan fingerprint density at radius 2 is 1.10 bits per heavy atom. The van der Waals surface area contributed by atoms with Gasteiger partial charge in [0.25, 0.3) is 0 Å². The molecule has 0 bridgehead atoms. The Bertz CT molecular complexity index is 3240. The smallest absolute Gasteiger partial charge is 0.134 e. The molecular formula is C57H42N2. The minimum Gasteiger partial charge on any atom is -0.294 e. The lowest BCUT2D eigenvalue weighted by atomic mass is 9.67. The van der Waals surface area contributed by atoms with Crippen LogP contribution in [0.3, 0.4) is 0 Å². The van der Waals surface area contributed by atoms with Crippen molar-refractivity contribution in [2.45, 2.75) is 37.5 Å². The maximum atomic E-state index is 5.97. The van der Waals surface area contributed by atoms with Gasteiger partial charge in [-0.3, -0.25) is 4.57 Å². The molecule has 0 atom stereocenters. The van der Waals surface area contributed by atoms with Crippen molar-refractivity contribution in [3.63, 3.8) is 0 Å². The second kappa shape index (κ2) is 12.7. The van der Waals surface area contributed by atoms with Crippen LogP contribution < -0.4 is 0 Å². The highest BCUT2D eigenvalue weighted by Gasteiger charge is 2.47. The number of fused-ring (bicyclic) bond motifs is 9.